The van der Waals surface area contributed by atoms with E-state index in [0.717, 1.165) is 63.2 Å². The Hall–Kier alpha value is -1.26. The number of benzene rings is 1. The molecule has 118 valence electrons. The van der Waals surface area contributed by atoms with Crippen LogP contribution in [-0.2, 0) is 0 Å². The molecule has 0 atom stereocenters. The first-order valence-corrected chi connectivity index (χ1v) is 8.10. The van der Waals surface area contributed by atoms with Gasteiger partial charge in [-0.1, -0.05) is 6.92 Å². The second-order valence-corrected chi connectivity index (χ2v) is 5.69. The molecular formula is C17H28N2O2. The average Bonchev–Trinajstić information content (AvgIpc) is 2.55. The molecule has 0 amide bonds. The van der Waals surface area contributed by atoms with E-state index in [1.807, 2.05) is 24.3 Å². The van der Waals surface area contributed by atoms with E-state index < -0.39 is 0 Å². The van der Waals surface area contributed by atoms with Crippen LogP contribution in [-0.4, -0.2) is 44.3 Å². The van der Waals surface area contributed by atoms with Crippen LogP contribution in [0.2, 0.25) is 0 Å². The van der Waals surface area contributed by atoms with Gasteiger partial charge in [0.05, 0.1) is 6.61 Å². The molecule has 0 spiro atoms. The average molecular weight is 292 g/mol. The van der Waals surface area contributed by atoms with Crippen molar-refractivity contribution >= 4 is 0 Å². The molecule has 1 aliphatic heterocycles. The number of hydrogen-bond acceptors (Lipinski definition) is 4. The quantitative estimate of drug-likeness (QED) is 0.800. The lowest BCUT2D eigenvalue weighted by atomic mass is 9.97. The molecule has 1 saturated heterocycles. The standard InChI is InChI=1S/C17H28N2O2/c1-2-12-20-16-3-5-17(6-4-16)21-13-11-19-9-7-15(14-18)8-10-19/h3-6,15H,2,7-14,18H2,1H3. The maximum Gasteiger partial charge on any atom is 0.119 e. The van der Waals surface area contributed by atoms with Crippen LogP contribution >= 0.6 is 0 Å². The van der Waals surface area contributed by atoms with Gasteiger partial charge in [-0.3, -0.25) is 4.90 Å². The molecule has 4 nitrogen and oxygen atoms in total. The lowest BCUT2D eigenvalue weighted by Gasteiger charge is -2.31. The minimum atomic E-state index is 0.720. The van der Waals surface area contributed by atoms with Crippen LogP contribution < -0.4 is 15.2 Å². The van der Waals surface area contributed by atoms with Crippen molar-refractivity contribution in [3.63, 3.8) is 0 Å². The number of piperidine rings is 1. The van der Waals surface area contributed by atoms with E-state index in [1.165, 1.54) is 12.8 Å². The van der Waals surface area contributed by atoms with Crippen molar-refractivity contribution in [2.45, 2.75) is 26.2 Å². The molecule has 1 fully saturated rings. The maximum atomic E-state index is 5.80. The second-order valence-electron chi connectivity index (χ2n) is 5.69. The summed E-state index contributed by atoms with van der Waals surface area (Å²) in [7, 11) is 0. The van der Waals surface area contributed by atoms with Gasteiger partial charge in [0.15, 0.2) is 0 Å². The Labute approximate surface area is 128 Å². The van der Waals surface area contributed by atoms with Crippen LogP contribution in [0, 0.1) is 5.92 Å². The van der Waals surface area contributed by atoms with Crippen LogP contribution in [0.15, 0.2) is 24.3 Å². The SMILES string of the molecule is CCCOc1ccc(OCCN2CCC(CN)CC2)cc1. The molecule has 2 rings (SSSR count). The van der Waals surface area contributed by atoms with Gasteiger partial charge >= 0.3 is 0 Å². The Bertz CT molecular complexity index is 386. The minimum Gasteiger partial charge on any atom is -0.494 e. The zero-order valence-corrected chi connectivity index (χ0v) is 13.1. The summed E-state index contributed by atoms with van der Waals surface area (Å²) < 4.78 is 11.4. The minimum absolute atomic E-state index is 0.720. The first-order valence-electron chi connectivity index (χ1n) is 8.10. The Kier molecular flexibility index (Phi) is 6.83. The molecule has 0 radical (unpaired) electrons. The van der Waals surface area contributed by atoms with Gasteiger partial charge in [0.25, 0.3) is 0 Å². The molecule has 4 heteroatoms. The fraction of sp³-hybridized carbons (Fsp3) is 0.647. The Morgan fingerprint density at radius 3 is 2.14 bits per heavy atom. The van der Waals surface area contributed by atoms with Gasteiger partial charge in [0.2, 0.25) is 0 Å². The number of hydrogen-bond donors (Lipinski definition) is 1. The third-order valence-corrected chi connectivity index (χ3v) is 4.01. The molecule has 1 aromatic rings. The number of nitrogens with two attached hydrogens (primary N) is 1. The first-order chi connectivity index (χ1) is 10.3. The highest BCUT2D eigenvalue weighted by Crippen LogP contribution is 2.18. The zero-order valence-electron chi connectivity index (χ0n) is 13.1. The third-order valence-electron chi connectivity index (χ3n) is 4.01. The van der Waals surface area contributed by atoms with E-state index in [4.69, 9.17) is 15.2 Å². The Morgan fingerprint density at radius 2 is 1.62 bits per heavy atom. The smallest absolute Gasteiger partial charge is 0.119 e. The van der Waals surface area contributed by atoms with Gasteiger partial charge in [-0.05, 0) is 69.1 Å². The summed E-state index contributed by atoms with van der Waals surface area (Å²) in [6.45, 7) is 7.72. The third kappa shape index (κ3) is 5.56. The van der Waals surface area contributed by atoms with Crippen LogP contribution in [0.1, 0.15) is 26.2 Å². The summed E-state index contributed by atoms with van der Waals surface area (Å²) in [5.74, 6) is 2.54. The molecule has 1 aromatic carbocycles. The van der Waals surface area contributed by atoms with Gasteiger partial charge < -0.3 is 15.2 Å². The fourth-order valence-electron chi connectivity index (χ4n) is 2.59. The number of likely N-dealkylation sites (tertiary alicyclic amines) is 1. The van der Waals surface area contributed by atoms with Gasteiger partial charge in [-0.25, -0.2) is 0 Å². The van der Waals surface area contributed by atoms with Crippen molar-refractivity contribution in [1.29, 1.82) is 0 Å². The molecule has 0 unspecified atom stereocenters. The predicted octanol–water partition coefficient (Wildman–Crippen LogP) is 2.52. The number of ether oxygens (including phenoxy) is 2. The lowest BCUT2D eigenvalue weighted by molar-refractivity contribution is 0.157. The van der Waals surface area contributed by atoms with E-state index >= 15 is 0 Å². The summed E-state index contributed by atoms with van der Waals surface area (Å²) in [6.07, 6.45) is 3.47. The molecule has 0 saturated carbocycles. The highest BCUT2D eigenvalue weighted by atomic mass is 16.5. The zero-order chi connectivity index (χ0) is 14.9. The monoisotopic (exact) mass is 292 g/mol. The summed E-state index contributed by atoms with van der Waals surface area (Å²) in [5, 5.41) is 0. The van der Waals surface area contributed by atoms with E-state index in [9.17, 15) is 0 Å². The highest BCUT2D eigenvalue weighted by Gasteiger charge is 2.17. The number of rotatable bonds is 8. The van der Waals surface area contributed by atoms with Crippen molar-refractivity contribution in [1.82, 2.24) is 4.90 Å². The Morgan fingerprint density at radius 1 is 1.05 bits per heavy atom. The largest absolute Gasteiger partial charge is 0.494 e. The molecule has 1 aliphatic rings. The number of nitrogens with zero attached hydrogens (tertiary/aromatic N) is 1. The highest BCUT2D eigenvalue weighted by molar-refractivity contribution is 5.31. The van der Waals surface area contributed by atoms with Crippen molar-refractivity contribution in [3.8, 4) is 11.5 Å². The maximum absolute atomic E-state index is 5.80. The lowest BCUT2D eigenvalue weighted by Crippen LogP contribution is -2.38. The topological polar surface area (TPSA) is 47.7 Å². The molecular weight excluding hydrogens is 264 g/mol. The van der Waals surface area contributed by atoms with Gasteiger partial charge in [0.1, 0.15) is 18.1 Å². The normalized spacial score (nSPS) is 16.9. The summed E-state index contributed by atoms with van der Waals surface area (Å²) in [6, 6.07) is 7.90. The second kappa shape index (κ2) is 8.90. The van der Waals surface area contributed by atoms with Gasteiger partial charge in [0, 0.05) is 6.54 Å². The van der Waals surface area contributed by atoms with E-state index in [1.54, 1.807) is 0 Å². The summed E-state index contributed by atoms with van der Waals surface area (Å²) >= 11 is 0. The molecule has 21 heavy (non-hydrogen) atoms. The van der Waals surface area contributed by atoms with Crippen molar-refractivity contribution in [2.75, 3.05) is 39.4 Å². The van der Waals surface area contributed by atoms with Crippen LogP contribution in [0.5, 0.6) is 11.5 Å². The summed E-state index contributed by atoms with van der Waals surface area (Å²) in [5.41, 5.74) is 5.71. The van der Waals surface area contributed by atoms with Gasteiger partial charge in [-0.2, -0.15) is 0 Å². The summed E-state index contributed by atoms with van der Waals surface area (Å²) in [4.78, 5) is 2.46. The van der Waals surface area contributed by atoms with Crippen LogP contribution in [0.25, 0.3) is 0 Å². The molecule has 1 heterocycles. The molecule has 0 bridgehead atoms. The predicted molar refractivity (Wildman–Crippen MR) is 85.9 cm³/mol. The fourth-order valence-corrected chi connectivity index (χ4v) is 2.59. The Balaban J connectivity index is 1.64. The van der Waals surface area contributed by atoms with E-state index in [0.29, 0.717) is 0 Å². The van der Waals surface area contributed by atoms with Crippen molar-refractivity contribution < 1.29 is 9.47 Å². The van der Waals surface area contributed by atoms with Gasteiger partial charge in [-0.15, -0.1) is 0 Å². The van der Waals surface area contributed by atoms with E-state index in [-0.39, 0.29) is 0 Å². The van der Waals surface area contributed by atoms with Crippen LogP contribution in [0.4, 0.5) is 0 Å². The molecule has 2 N–H and O–H groups in total. The van der Waals surface area contributed by atoms with Crippen LogP contribution in [0.3, 0.4) is 0 Å². The molecule has 0 aromatic heterocycles. The van der Waals surface area contributed by atoms with E-state index in [2.05, 4.69) is 11.8 Å². The van der Waals surface area contributed by atoms with Crippen molar-refractivity contribution in [2.24, 2.45) is 11.7 Å². The van der Waals surface area contributed by atoms with Crippen molar-refractivity contribution in [3.05, 3.63) is 24.3 Å². The molecule has 0 aliphatic carbocycles. The first kappa shape index (κ1) is 16.1.